The van der Waals surface area contributed by atoms with Crippen LogP contribution in [-0.2, 0) is 23.1 Å². The molecule has 2 aromatic carbocycles. The van der Waals surface area contributed by atoms with Crippen molar-refractivity contribution in [3.05, 3.63) is 75.2 Å². The Hall–Kier alpha value is -2.75. The molecule has 0 saturated heterocycles. The number of nitrogens with one attached hydrogen (secondary N) is 1. The molecule has 0 radical (unpaired) electrons. The van der Waals surface area contributed by atoms with E-state index < -0.39 is 10.0 Å². The first-order valence-corrected chi connectivity index (χ1v) is 12.4. The molecule has 0 saturated carbocycles. The van der Waals surface area contributed by atoms with Crippen molar-refractivity contribution >= 4 is 33.0 Å². The molecule has 0 aliphatic carbocycles. The lowest BCUT2D eigenvalue weighted by Gasteiger charge is -2.19. The zero-order valence-corrected chi connectivity index (χ0v) is 20.5. The highest BCUT2D eigenvalue weighted by atomic mass is 32.2. The lowest BCUT2D eigenvalue weighted by Crippen LogP contribution is -2.27. The van der Waals surface area contributed by atoms with Crippen molar-refractivity contribution in [2.24, 2.45) is 0 Å². The number of anilines is 1. The largest absolute Gasteiger partial charge is 0.381 e. The minimum Gasteiger partial charge on any atom is -0.381 e. The van der Waals surface area contributed by atoms with E-state index in [-0.39, 0.29) is 10.8 Å². The van der Waals surface area contributed by atoms with Gasteiger partial charge < -0.3 is 10.2 Å². The highest BCUT2D eigenvalue weighted by Gasteiger charge is 2.22. The summed E-state index contributed by atoms with van der Waals surface area (Å²) in [6, 6.07) is 10.9. The van der Waals surface area contributed by atoms with Crippen LogP contribution >= 0.6 is 11.3 Å². The Bertz CT molecular complexity index is 1210. The first kappa shape index (κ1) is 23.9. The highest BCUT2D eigenvalue weighted by Crippen LogP contribution is 2.24. The topological polar surface area (TPSA) is 82.6 Å². The van der Waals surface area contributed by atoms with Crippen LogP contribution in [-0.4, -0.2) is 49.7 Å². The minimum absolute atomic E-state index is 0.0689. The van der Waals surface area contributed by atoms with Crippen molar-refractivity contribution in [1.29, 1.82) is 0 Å². The number of amides is 1. The van der Waals surface area contributed by atoms with Gasteiger partial charge in [-0.2, -0.15) is 0 Å². The van der Waals surface area contributed by atoms with Crippen LogP contribution in [0.5, 0.6) is 0 Å². The van der Waals surface area contributed by atoms with Crippen LogP contribution in [0.4, 0.5) is 5.69 Å². The molecule has 0 unspecified atom stereocenters. The Morgan fingerprint density at radius 3 is 2.50 bits per heavy atom. The van der Waals surface area contributed by atoms with Gasteiger partial charge in [0.2, 0.25) is 10.0 Å². The molecule has 3 rings (SSSR count). The fourth-order valence-corrected chi connectivity index (χ4v) is 4.84. The molecule has 0 bridgehead atoms. The first-order valence-electron chi connectivity index (χ1n) is 10.1. The van der Waals surface area contributed by atoms with E-state index in [0.717, 1.165) is 26.0 Å². The zero-order chi connectivity index (χ0) is 23.5. The van der Waals surface area contributed by atoms with E-state index in [4.69, 9.17) is 0 Å². The van der Waals surface area contributed by atoms with Gasteiger partial charge in [-0.15, -0.1) is 11.3 Å². The van der Waals surface area contributed by atoms with E-state index in [9.17, 15) is 13.2 Å². The van der Waals surface area contributed by atoms with Gasteiger partial charge in [-0.3, -0.25) is 4.79 Å². The Labute approximate surface area is 193 Å². The standard InChI is InChI=1S/C23H28N4O3S2/c1-16-6-7-17(2)19(10-16)14-25-20-11-18(12-21(13-20)32(29,30)26(3)4)23(28)27(5)15-22-24-8-9-31-22/h6-13,25H,14-15H2,1-5H3. The summed E-state index contributed by atoms with van der Waals surface area (Å²) in [5, 5.41) is 5.96. The molecule has 0 spiro atoms. The Morgan fingerprint density at radius 1 is 1.09 bits per heavy atom. The maximum absolute atomic E-state index is 13.1. The van der Waals surface area contributed by atoms with Crippen molar-refractivity contribution < 1.29 is 13.2 Å². The van der Waals surface area contributed by atoms with Crippen molar-refractivity contribution in [3.63, 3.8) is 0 Å². The maximum Gasteiger partial charge on any atom is 0.254 e. The van der Waals surface area contributed by atoms with Gasteiger partial charge in [0.05, 0.1) is 11.4 Å². The smallest absolute Gasteiger partial charge is 0.254 e. The third-order valence-electron chi connectivity index (χ3n) is 5.12. The summed E-state index contributed by atoms with van der Waals surface area (Å²) < 4.78 is 26.8. The van der Waals surface area contributed by atoms with E-state index in [2.05, 4.69) is 28.5 Å². The lowest BCUT2D eigenvalue weighted by molar-refractivity contribution is 0.0785. The predicted octanol–water partition coefficient (Wildman–Crippen LogP) is 3.89. The summed E-state index contributed by atoms with van der Waals surface area (Å²) >= 11 is 1.47. The predicted molar refractivity (Wildman–Crippen MR) is 128 cm³/mol. The van der Waals surface area contributed by atoms with E-state index >= 15 is 0 Å². The van der Waals surface area contributed by atoms with E-state index in [1.165, 1.54) is 36.4 Å². The quantitative estimate of drug-likeness (QED) is 0.538. The molecule has 0 fully saturated rings. The number of hydrogen-bond donors (Lipinski definition) is 1. The van der Waals surface area contributed by atoms with Crippen molar-refractivity contribution in [2.45, 2.75) is 31.8 Å². The van der Waals surface area contributed by atoms with Crippen LogP contribution in [0.3, 0.4) is 0 Å². The normalized spacial score (nSPS) is 11.6. The number of thiazole rings is 1. The molecule has 1 N–H and O–H groups in total. The molecule has 0 aliphatic heterocycles. The zero-order valence-electron chi connectivity index (χ0n) is 18.9. The molecule has 170 valence electrons. The summed E-state index contributed by atoms with van der Waals surface area (Å²) in [6.45, 7) is 4.93. The van der Waals surface area contributed by atoms with E-state index in [1.54, 1.807) is 25.4 Å². The average molecular weight is 473 g/mol. The third-order valence-corrected chi connectivity index (χ3v) is 7.68. The Balaban J connectivity index is 1.93. The van der Waals surface area contributed by atoms with Crippen LogP contribution in [0, 0.1) is 13.8 Å². The molecule has 1 aromatic heterocycles. The van der Waals surface area contributed by atoms with Crippen molar-refractivity contribution in [3.8, 4) is 0 Å². The molecule has 0 aliphatic rings. The molecule has 1 amide bonds. The van der Waals surface area contributed by atoms with Crippen LogP contribution in [0.15, 0.2) is 52.9 Å². The van der Waals surface area contributed by atoms with Crippen LogP contribution in [0.2, 0.25) is 0 Å². The molecule has 7 nitrogen and oxygen atoms in total. The average Bonchev–Trinajstić information content (AvgIpc) is 3.26. The van der Waals surface area contributed by atoms with Crippen LogP contribution < -0.4 is 5.32 Å². The summed E-state index contributed by atoms with van der Waals surface area (Å²) in [5.41, 5.74) is 4.27. The fourth-order valence-electron chi connectivity index (χ4n) is 3.20. The fraction of sp³-hybridized carbons (Fsp3) is 0.304. The number of hydrogen-bond acceptors (Lipinski definition) is 6. The van der Waals surface area contributed by atoms with Gasteiger partial charge in [-0.05, 0) is 43.2 Å². The van der Waals surface area contributed by atoms with Crippen LogP contribution in [0.25, 0.3) is 0 Å². The van der Waals surface area contributed by atoms with Crippen molar-refractivity contribution in [1.82, 2.24) is 14.2 Å². The number of rotatable bonds is 8. The molecule has 0 atom stereocenters. The second-order valence-electron chi connectivity index (χ2n) is 7.90. The molecular weight excluding hydrogens is 444 g/mol. The van der Waals surface area contributed by atoms with E-state index in [1.807, 2.05) is 19.2 Å². The minimum atomic E-state index is -3.72. The van der Waals surface area contributed by atoms with Gasteiger partial charge >= 0.3 is 0 Å². The number of benzene rings is 2. The monoisotopic (exact) mass is 472 g/mol. The van der Waals surface area contributed by atoms with Gasteiger partial charge in [-0.1, -0.05) is 23.8 Å². The van der Waals surface area contributed by atoms with Gasteiger partial charge in [0.25, 0.3) is 5.91 Å². The van der Waals surface area contributed by atoms with Gasteiger partial charge in [0, 0.05) is 50.5 Å². The SMILES string of the molecule is Cc1ccc(C)c(CNc2cc(C(=O)N(C)Cc3nccs3)cc(S(=O)(=O)N(C)C)c2)c1. The highest BCUT2D eigenvalue weighted by molar-refractivity contribution is 7.89. The van der Waals surface area contributed by atoms with Crippen LogP contribution in [0.1, 0.15) is 32.1 Å². The molecule has 9 heteroatoms. The number of carbonyl (C=O) groups excluding carboxylic acids is 1. The summed E-state index contributed by atoms with van der Waals surface area (Å²) in [5.74, 6) is -0.272. The summed E-state index contributed by atoms with van der Waals surface area (Å²) in [4.78, 5) is 18.9. The number of aromatic nitrogens is 1. The summed E-state index contributed by atoms with van der Waals surface area (Å²) in [6.07, 6.45) is 1.69. The van der Waals surface area contributed by atoms with Gasteiger partial charge in [0.1, 0.15) is 5.01 Å². The molecule has 3 aromatic rings. The summed E-state index contributed by atoms with van der Waals surface area (Å²) in [7, 11) is 0.912. The number of aryl methyl sites for hydroxylation is 2. The maximum atomic E-state index is 13.1. The number of sulfonamides is 1. The third kappa shape index (κ3) is 5.53. The van der Waals surface area contributed by atoms with E-state index in [0.29, 0.717) is 24.3 Å². The lowest BCUT2D eigenvalue weighted by atomic mass is 10.1. The van der Waals surface area contributed by atoms with Gasteiger partial charge in [-0.25, -0.2) is 17.7 Å². The second-order valence-corrected chi connectivity index (χ2v) is 11.0. The Morgan fingerprint density at radius 2 is 1.84 bits per heavy atom. The number of nitrogens with zero attached hydrogens (tertiary/aromatic N) is 3. The van der Waals surface area contributed by atoms with Gasteiger partial charge in [0.15, 0.2) is 0 Å². The first-order chi connectivity index (χ1) is 15.1. The molecule has 1 heterocycles. The number of carbonyl (C=O) groups is 1. The second kappa shape index (κ2) is 9.81. The Kier molecular flexibility index (Phi) is 7.33. The molecule has 32 heavy (non-hydrogen) atoms. The van der Waals surface area contributed by atoms with Crippen molar-refractivity contribution in [2.75, 3.05) is 26.5 Å². The molecular formula is C23H28N4O3S2.